The van der Waals surface area contributed by atoms with E-state index in [1.54, 1.807) is 37.3 Å². The molecule has 0 spiro atoms. The largest absolute Gasteiger partial charge is 0.465 e. The van der Waals surface area contributed by atoms with Crippen LogP contribution in [0.25, 0.3) is 0 Å². The maximum absolute atomic E-state index is 12.2. The summed E-state index contributed by atoms with van der Waals surface area (Å²) in [5, 5.41) is 14.4. The number of nitrogens with one attached hydrogen (secondary N) is 1. The number of hydrogen-bond acceptors (Lipinski definition) is 5. The molecule has 0 fully saturated rings. The zero-order chi connectivity index (χ0) is 17.5. The summed E-state index contributed by atoms with van der Waals surface area (Å²) in [7, 11) is 0. The third-order valence-electron chi connectivity index (χ3n) is 3.43. The predicted molar refractivity (Wildman–Crippen MR) is 90.8 cm³/mol. The molecule has 1 N–H and O–H groups in total. The molecule has 0 heterocycles. The smallest absolute Gasteiger partial charge is 0.327 e. The van der Waals surface area contributed by atoms with Crippen molar-refractivity contribution in [1.29, 1.82) is 0 Å². The number of esters is 1. The minimum atomic E-state index is -0.734. The Kier molecular flexibility index (Phi) is 6.28. The van der Waals surface area contributed by atoms with Crippen molar-refractivity contribution in [3.05, 3.63) is 74.8 Å². The minimum Gasteiger partial charge on any atom is -0.465 e. The van der Waals surface area contributed by atoms with Crippen LogP contribution in [0.1, 0.15) is 24.1 Å². The fourth-order valence-corrected chi connectivity index (χ4v) is 2.54. The van der Waals surface area contributed by atoms with Gasteiger partial charge in [0.2, 0.25) is 0 Å². The maximum Gasteiger partial charge on any atom is 0.327 e. The number of halogens is 1. The molecule has 6 nitrogen and oxygen atoms in total. The van der Waals surface area contributed by atoms with E-state index in [4.69, 9.17) is 16.3 Å². The van der Waals surface area contributed by atoms with Crippen LogP contribution in [0, 0.1) is 10.1 Å². The average Bonchev–Trinajstić information content (AvgIpc) is 2.57. The molecule has 0 saturated carbocycles. The van der Waals surface area contributed by atoms with Crippen molar-refractivity contribution in [2.45, 2.75) is 19.5 Å². The van der Waals surface area contributed by atoms with E-state index in [1.165, 1.54) is 12.1 Å². The zero-order valence-electron chi connectivity index (χ0n) is 13.1. The first-order chi connectivity index (χ1) is 11.5. The summed E-state index contributed by atoms with van der Waals surface area (Å²) in [4.78, 5) is 22.9. The predicted octanol–water partition coefficient (Wildman–Crippen LogP) is 3.64. The highest BCUT2D eigenvalue weighted by Crippen LogP contribution is 2.27. The highest BCUT2D eigenvalue weighted by molar-refractivity contribution is 6.31. The monoisotopic (exact) mass is 348 g/mol. The zero-order valence-corrected chi connectivity index (χ0v) is 13.8. The third-order valence-corrected chi connectivity index (χ3v) is 3.78. The summed E-state index contributed by atoms with van der Waals surface area (Å²) in [6.07, 6.45) is 0. The molecule has 7 heteroatoms. The quantitative estimate of drug-likeness (QED) is 0.469. The van der Waals surface area contributed by atoms with Gasteiger partial charge in [-0.25, -0.2) is 4.79 Å². The highest BCUT2D eigenvalue weighted by Gasteiger charge is 2.24. The lowest BCUT2D eigenvalue weighted by Crippen LogP contribution is -2.30. The fourth-order valence-electron chi connectivity index (χ4n) is 2.31. The summed E-state index contributed by atoms with van der Waals surface area (Å²) in [6.45, 7) is 2.03. The molecule has 2 rings (SSSR count). The third kappa shape index (κ3) is 4.31. The van der Waals surface area contributed by atoms with Crippen LogP contribution in [0.5, 0.6) is 0 Å². The molecule has 0 aliphatic heterocycles. The number of benzene rings is 2. The van der Waals surface area contributed by atoms with E-state index in [0.29, 0.717) is 11.1 Å². The minimum absolute atomic E-state index is 0.0639. The molecule has 0 amide bonds. The van der Waals surface area contributed by atoms with Gasteiger partial charge in [-0.2, -0.15) is 0 Å². The van der Waals surface area contributed by atoms with Crippen LogP contribution >= 0.6 is 11.6 Å². The van der Waals surface area contributed by atoms with Gasteiger partial charge in [0, 0.05) is 12.6 Å². The van der Waals surface area contributed by atoms with Crippen molar-refractivity contribution < 1.29 is 14.5 Å². The molecule has 0 unspecified atom stereocenters. The SMILES string of the molecule is CCOC(=O)[C@H](NCc1c(Cl)cccc1[N+](=O)[O-])c1ccccc1. The lowest BCUT2D eigenvalue weighted by atomic mass is 10.1. The molecule has 0 saturated heterocycles. The molecule has 0 bridgehead atoms. The first-order valence-electron chi connectivity index (χ1n) is 7.41. The van der Waals surface area contributed by atoms with Gasteiger partial charge in [-0.3, -0.25) is 15.4 Å². The summed E-state index contributed by atoms with van der Waals surface area (Å²) in [5.41, 5.74) is 0.950. The van der Waals surface area contributed by atoms with Crippen molar-refractivity contribution >= 4 is 23.3 Å². The lowest BCUT2D eigenvalue weighted by molar-refractivity contribution is -0.385. The molecule has 2 aromatic carbocycles. The van der Waals surface area contributed by atoms with Crippen molar-refractivity contribution in [3.8, 4) is 0 Å². The molecule has 0 aliphatic rings. The first-order valence-corrected chi connectivity index (χ1v) is 7.79. The van der Waals surface area contributed by atoms with Gasteiger partial charge in [0.15, 0.2) is 0 Å². The van der Waals surface area contributed by atoms with Crippen molar-refractivity contribution in [1.82, 2.24) is 5.32 Å². The summed E-state index contributed by atoms with van der Waals surface area (Å²) in [5.74, 6) is -0.446. The van der Waals surface area contributed by atoms with Gasteiger partial charge in [0.1, 0.15) is 6.04 Å². The van der Waals surface area contributed by atoms with Gasteiger partial charge >= 0.3 is 5.97 Å². The number of carbonyl (C=O) groups excluding carboxylic acids is 1. The fraction of sp³-hybridized carbons (Fsp3) is 0.235. The van der Waals surface area contributed by atoms with E-state index >= 15 is 0 Å². The van der Waals surface area contributed by atoms with Crippen LogP contribution < -0.4 is 5.32 Å². The Labute approximate surface area is 144 Å². The lowest BCUT2D eigenvalue weighted by Gasteiger charge is -2.18. The second-order valence-corrected chi connectivity index (χ2v) is 5.38. The molecule has 0 radical (unpaired) electrons. The van der Waals surface area contributed by atoms with Gasteiger partial charge in [0.25, 0.3) is 5.69 Å². The Bertz CT molecular complexity index is 722. The summed E-state index contributed by atoms with van der Waals surface area (Å²) in [6, 6.07) is 12.8. The van der Waals surface area contributed by atoms with Crippen molar-refractivity contribution in [3.63, 3.8) is 0 Å². The number of nitro benzene ring substituents is 1. The van der Waals surface area contributed by atoms with E-state index in [1.807, 2.05) is 6.07 Å². The van der Waals surface area contributed by atoms with Gasteiger partial charge in [0.05, 0.1) is 22.1 Å². The van der Waals surface area contributed by atoms with E-state index in [0.717, 1.165) is 0 Å². The van der Waals surface area contributed by atoms with Gasteiger partial charge in [-0.1, -0.05) is 48.0 Å². The molecule has 0 aromatic heterocycles. The number of carbonyl (C=O) groups is 1. The normalized spacial score (nSPS) is 11.8. The van der Waals surface area contributed by atoms with Crippen LogP contribution in [0.15, 0.2) is 48.5 Å². The van der Waals surface area contributed by atoms with E-state index in [-0.39, 0.29) is 23.9 Å². The molecule has 0 aliphatic carbocycles. The number of rotatable bonds is 7. The number of ether oxygens (including phenoxy) is 1. The summed E-state index contributed by atoms with van der Waals surface area (Å²) >= 11 is 6.08. The molecular weight excluding hydrogens is 332 g/mol. The first kappa shape index (κ1) is 17.9. The number of hydrogen-bond donors (Lipinski definition) is 1. The van der Waals surface area contributed by atoms with E-state index < -0.39 is 16.9 Å². The second kappa shape index (κ2) is 8.42. The van der Waals surface area contributed by atoms with Gasteiger partial charge in [-0.05, 0) is 18.6 Å². The van der Waals surface area contributed by atoms with E-state index in [2.05, 4.69) is 5.32 Å². The van der Waals surface area contributed by atoms with Crippen LogP contribution in [-0.4, -0.2) is 17.5 Å². The molecule has 2 aromatic rings. The van der Waals surface area contributed by atoms with Crippen LogP contribution in [0.4, 0.5) is 5.69 Å². The number of nitrogens with zero attached hydrogens (tertiary/aromatic N) is 1. The van der Waals surface area contributed by atoms with Crippen LogP contribution in [-0.2, 0) is 16.1 Å². The maximum atomic E-state index is 12.2. The summed E-state index contributed by atoms with van der Waals surface area (Å²) < 4.78 is 5.09. The topological polar surface area (TPSA) is 81.5 Å². The molecule has 1 atom stereocenters. The van der Waals surface area contributed by atoms with Crippen molar-refractivity contribution in [2.75, 3.05) is 6.61 Å². The molecule has 24 heavy (non-hydrogen) atoms. The Hall–Kier alpha value is -2.44. The molecular formula is C17H17ClN2O4. The Morgan fingerprint density at radius 1 is 1.25 bits per heavy atom. The average molecular weight is 349 g/mol. The second-order valence-electron chi connectivity index (χ2n) is 4.97. The van der Waals surface area contributed by atoms with Gasteiger partial charge < -0.3 is 4.74 Å². The Balaban J connectivity index is 2.26. The van der Waals surface area contributed by atoms with Gasteiger partial charge in [-0.15, -0.1) is 0 Å². The van der Waals surface area contributed by atoms with Crippen molar-refractivity contribution in [2.24, 2.45) is 0 Å². The van der Waals surface area contributed by atoms with Crippen LogP contribution in [0.3, 0.4) is 0 Å². The van der Waals surface area contributed by atoms with E-state index in [9.17, 15) is 14.9 Å². The van der Waals surface area contributed by atoms with Crippen LogP contribution in [0.2, 0.25) is 5.02 Å². The molecule has 126 valence electrons. The standard InChI is InChI=1S/C17H17ClN2O4/c1-2-24-17(21)16(12-7-4-3-5-8-12)19-11-13-14(18)9-6-10-15(13)20(22)23/h3-10,16,19H,2,11H2,1H3/t16-/m1/s1. The Morgan fingerprint density at radius 3 is 2.58 bits per heavy atom. The number of nitro groups is 1. The highest BCUT2D eigenvalue weighted by atomic mass is 35.5. The Morgan fingerprint density at radius 2 is 1.96 bits per heavy atom.